The van der Waals surface area contributed by atoms with E-state index in [1.807, 2.05) is 46.4 Å². The highest BCUT2D eigenvalue weighted by Crippen LogP contribution is 2.45. The van der Waals surface area contributed by atoms with Gasteiger partial charge in [0, 0.05) is 37.9 Å². The van der Waals surface area contributed by atoms with E-state index in [1.165, 1.54) is 37.4 Å². The van der Waals surface area contributed by atoms with Gasteiger partial charge in [0.1, 0.15) is 5.75 Å². The van der Waals surface area contributed by atoms with Crippen molar-refractivity contribution in [2.45, 2.75) is 58.0 Å². The molecule has 1 atom stereocenters. The zero-order valence-corrected chi connectivity index (χ0v) is 22.8. The average molecular weight is 525 g/mol. The van der Waals surface area contributed by atoms with Crippen LogP contribution in [0.5, 0.6) is 5.75 Å². The van der Waals surface area contributed by atoms with Crippen LogP contribution in [0.1, 0.15) is 57.6 Å². The number of hydrogen-bond donors (Lipinski definition) is 0. The second-order valence-corrected chi connectivity index (χ2v) is 10.8. The summed E-state index contributed by atoms with van der Waals surface area (Å²) in [7, 11) is 1.63. The lowest BCUT2D eigenvalue weighted by Gasteiger charge is -2.39. The first-order chi connectivity index (χ1) is 18.0. The summed E-state index contributed by atoms with van der Waals surface area (Å²) in [6, 6.07) is 7.96. The molecule has 1 saturated heterocycles. The van der Waals surface area contributed by atoms with Gasteiger partial charge in [0.05, 0.1) is 37.4 Å². The van der Waals surface area contributed by atoms with Crippen LogP contribution in [-0.4, -0.2) is 77.7 Å². The summed E-state index contributed by atoms with van der Waals surface area (Å²) < 4.78 is 10.9. The minimum atomic E-state index is -0.449. The maximum Gasteiger partial charge on any atom is 0.338 e. The van der Waals surface area contributed by atoms with Gasteiger partial charge >= 0.3 is 5.97 Å². The predicted octanol–water partition coefficient (Wildman–Crippen LogP) is 4.31. The van der Waals surface area contributed by atoms with Crippen molar-refractivity contribution in [3.8, 4) is 5.75 Å². The third-order valence-corrected chi connectivity index (χ3v) is 8.63. The topological polar surface area (TPSA) is 74.7 Å². The summed E-state index contributed by atoms with van der Waals surface area (Å²) in [5, 5.41) is 2.77. The molecule has 2 fully saturated rings. The predicted molar refractivity (Wildman–Crippen MR) is 145 cm³/mol. The van der Waals surface area contributed by atoms with Crippen molar-refractivity contribution in [3.05, 3.63) is 52.2 Å². The molecule has 0 N–H and O–H groups in total. The van der Waals surface area contributed by atoms with Gasteiger partial charge < -0.3 is 19.3 Å². The van der Waals surface area contributed by atoms with Crippen LogP contribution in [-0.2, 0) is 14.3 Å². The first-order valence-electron chi connectivity index (χ1n) is 13.3. The van der Waals surface area contributed by atoms with Gasteiger partial charge in [-0.25, -0.2) is 9.79 Å². The van der Waals surface area contributed by atoms with Crippen molar-refractivity contribution < 1.29 is 19.1 Å². The molecule has 1 amide bonds. The Balaban J connectivity index is 1.37. The summed E-state index contributed by atoms with van der Waals surface area (Å²) in [5.41, 5.74) is 2.87. The highest BCUT2D eigenvalue weighted by Gasteiger charge is 2.41. The molecular formula is C28H36N4O4S. The molecule has 0 spiro atoms. The minimum absolute atomic E-state index is 0.118. The number of methoxy groups -OCH3 is 1. The van der Waals surface area contributed by atoms with Gasteiger partial charge in [-0.1, -0.05) is 36.7 Å². The van der Waals surface area contributed by atoms with Crippen LogP contribution in [0.15, 0.2) is 51.6 Å². The smallest absolute Gasteiger partial charge is 0.338 e. The number of ether oxygens (including phenoxy) is 2. The quantitative estimate of drug-likeness (QED) is 0.492. The number of nitrogens with zero attached hydrogens (tertiary/aromatic N) is 4. The van der Waals surface area contributed by atoms with E-state index in [1.54, 1.807) is 14.0 Å². The fraction of sp³-hybridized carbons (Fsp3) is 0.536. The van der Waals surface area contributed by atoms with E-state index in [9.17, 15) is 9.59 Å². The Morgan fingerprint density at radius 1 is 1.14 bits per heavy atom. The average Bonchev–Trinajstić information content (AvgIpc) is 3.59. The number of rotatable bonds is 7. The summed E-state index contributed by atoms with van der Waals surface area (Å²) in [4.78, 5) is 37.9. The molecule has 0 bridgehead atoms. The van der Waals surface area contributed by atoms with Crippen LogP contribution in [0.4, 0.5) is 0 Å². The molecule has 1 aromatic rings. The lowest BCUT2D eigenvalue weighted by Crippen LogP contribution is -2.51. The normalized spacial score (nSPS) is 22.6. The Bertz CT molecular complexity index is 1130. The standard InChI is InChI=1S/C28H36N4O4S/c1-4-36-27(34)25-19(2)29-28-32(26(25)20-8-7-11-23(16-20)35-3)22(18-37-28)17-24(33)31-14-12-30(13-15-31)21-9-5-6-10-21/h7-8,11,16,18,21,26H,4-6,9-10,12-15,17H2,1-3H3. The van der Waals surface area contributed by atoms with Gasteiger partial charge in [0.15, 0.2) is 5.17 Å². The van der Waals surface area contributed by atoms with Gasteiger partial charge in [-0.05, 0) is 49.8 Å². The Morgan fingerprint density at radius 2 is 1.89 bits per heavy atom. The van der Waals surface area contributed by atoms with Gasteiger partial charge in [0.2, 0.25) is 5.91 Å². The van der Waals surface area contributed by atoms with Crippen LogP contribution >= 0.6 is 11.8 Å². The molecule has 0 aromatic heterocycles. The molecule has 3 aliphatic heterocycles. The lowest BCUT2D eigenvalue weighted by molar-refractivity contribution is -0.139. The third-order valence-electron chi connectivity index (χ3n) is 7.75. The SMILES string of the molecule is CCOC(=O)C1=C(C)N=C2SC=C(CC(=O)N3CCN(C4CCCC4)CC3)N2C1c1cccc(OC)c1. The second-order valence-electron chi connectivity index (χ2n) is 9.92. The van der Waals surface area contributed by atoms with Crippen molar-refractivity contribution >= 4 is 28.8 Å². The summed E-state index contributed by atoms with van der Waals surface area (Å²) >= 11 is 1.50. The van der Waals surface area contributed by atoms with E-state index in [2.05, 4.69) is 4.90 Å². The van der Waals surface area contributed by atoms with E-state index in [0.717, 1.165) is 42.6 Å². The molecule has 8 nitrogen and oxygen atoms in total. The molecule has 37 heavy (non-hydrogen) atoms. The number of allylic oxidation sites excluding steroid dienone is 1. The van der Waals surface area contributed by atoms with Crippen molar-refractivity contribution in [3.63, 3.8) is 0 Å². The van der Waals surface area contributed by atoms with E-state index in [4.69, 9.17) is 14.5 Å². The highest BCUT2D eigenvalue weighted by molar-refractivity contribution is 8.16. The first-order valence-corrected chi connectivity index (χ1v) is 14.2. The Hall–Kier alpha value is -2.78. The number of carbonyl (C=O) groups excluding carboxylic acids is 2. The molecular weight excluding hydrogens is 488 g/mol. The maximum absolute atomic E-state index is 13.4. The molecule has 1 aliphatic carbocycles. The molecule has 0 radical (unpaired) electrons. The molecule has 3 heterocycles. The number of benzene rings is 1. The number of esters is 1. The van der Waals surface area contributed by atoms with Crippen molar-refractivity contribution in [1.82, 2.24) is 14.7 Å². The Labute approximate surface area is 223 Å². The van der Waals surface area contributed by atoms with Gasteiger partial charge in [-0.3, -0.25) is 9.69 Å². The molecule has 4 aliphatic rings. The largest absolute Gasteiger partial charge is 0.497 e. The van der Waals surface area contributed by atoms with Crippen LogP contribution in [0.25, 0.3) is 0 Å². The van der Waals surface area contributed by atoms with Crippen LogP contribution in [0.2, 0.25) is 0 Å². The first kappa shape index (κ1) is 25.9. The summed E-state index contributed by atoms with van der Waals surface area (Å²) in [5.74, 6) is 0.435. The second kappa shape index (κ2) is 11.3. The highest BCUT2D eigenvalue weighted by atomic mass is 32.2. The molecule has 1 saturated carbocycles. The van der Waals surface area contributed by atoms with Crippen LogP contribution in [0, 0.1) is 0 Å². The number of amides is 1. The van der Waals surface area contributed by atoms with Gasteiger partial charge in [-0.15, -0.1) is 0 Å². The number of piperazine rings is 1. The molecule has 1 aromatic carbocycles. The zero-order valence-electron chi connectivity index (χ0n) is 21.9. The van der Waals surface area contributed by atoms with E-state index >= 15 is 0 Å². The van der Waals surface area contributed by atoms with Crippen molar-refractivity contribution in [1.29, 1.82) is 0 Å². The minimum Gasteiger partial charge on any atom is -0.497 e. The number of aliphatic imine (C=N–C) groups is 1. The summed E-state index contributed by atoms with van der Waals surface area (Å²) in [6.07, 6.45) is 5.50. The summed E-state index contributed by atoms with van der Waals surface area (Å²) in [6.45, 7) is 7.35. The van der Waals surface area contributed by atoms with E-state index in [-0.39, 0.29) is 24.9 Å². The third kappa shape index (κ3) is 5.29. The van der Waals surface area contributed by atoms with Crippen molar-refractivity contribution in [2.75, 3.05) is 39.9 Å². The fourth-order valence-corrected chi connectivity index (χ4v) is 6.80. The lowest BCUT2D eigenvalue weighted by atomic mass is 9.93. The monoisotopic (exact) mass is 524 g/mol. The molecule has 198 valence electrons. The van der Waals surface area contributed by atoms with Gasteiger partial charge in [0.25, 0.3) is 0 Å². The number of hydrogen-bond acceptors (Lipinski definition) is 8. The molecule has 1 unspecified atom stereocenters. The molecule has 5 rings (SSSR count). The zero-order chi connectivity index (χ0) is 25.9. The Morgan fingerprint density at radius 3 is 2.59 bits per heavy atom. The number of fused-ring (bicyclic) bond motifs is 1. The van der Waals surface area contributed by atoms with Gasteiger partial charge in [-0.2, -0.15) is 0 Å². The van der Waals surface area contributed by atoms with E-state index < -0.39 is 6.04 Å². The van der Waals surface area contributed by atoms with Crippen LogP contribution < -0.4 is 4.74 Å². The number of amidine groups is 1. The fourth-order valence-electron chi connectivity index (χ4n) is 5.84. The number of carbonyl (C=O) groups is 2. The Kier molecular flexibility index (Phi) is 7.90. The maximum atomic E-state index is 13.4. The molecule has 9 heteroatoms. The van der Waals surface area contributed by atoms with Crippen LogP contribution in [0.3, 0.4) is 0 Å². The number of thioether (sulfide) groups is 1. The van der Waals surface area contributed by atoms with E-state index in [0.29, 0.717) is 23.1 Å². The van der Waals surface area contributed by atoms with Crippen molar-refractivity contribution in [2.24, 2.45) is 4.99 Å².